The van der Waals surface area contributed by atoms with Crippen LogP contribution in [0, 0.1) is 0 Å². The van der Waals surface area contributed by atoms with E-state index in [2.05, 4.69) is 15.9 Å². The second-order valence-corrected chi connectivity index (χ2v) is 6.10. The third-order valence-corrected chi connectivity index (χ3v) is 3.81. The molecule has 0 aliphatic heterocycles. The van der Waals surface area contributed by atoms with Crippen LogP contribution in [0.5, 0.6) is 0 Å². The van der Waals surface area contributed by atoms with Crippen LogP contribution < -0.4 is 5.73 Å². The van der Waals surface area contributed by atoms with Crippen molar-refractivity contribution >= 4 is 38.9 Å². The van der Waals surface area contributed by atoms with E-state index < -0.39 is 0 Å². The summed E-state index contributed by atoms with van der Waals surface area (Å²) in [7, 11) is 1.76. The van der Waals surface area contributed by atoms with E-state index in [1.807, 2.05) is 12.1 Å². The highest BCUT2D eigenvalue weighted by Crippen LogP contribution is 2.23. The maximum absolute atomic E-state index is 11.8. The fourth-order valence-corrected chi connectivity index (χ4v) is 2.83. The summed E-state index contributed by atoms with van der Waals surface area (Å²) in [5, 5.41) is 0. The number of carbonyl (C=O) groups is 1. The lowest BCUT2D eigenvalue weighted by Crippen LogP contribution is -2.08. The van der Waals surface area contributed by atoms with Crippen molar-refractivity contribution in [2.75, 3.05) is 5.73 Å². The van der Waals surface area contributed by atoms with E-state index in [9.17, 15) is 4.79 Å². The Bertz CT molecular complexity index is 547. The van der Waals surface area contributed by atoms with Gasteiger partial charge >= 0.3 is 5.97 Å². The molecule has 6 heteroatoms. The number of nitrogens with two attached hydrogens (primary N) is 1. The molecule has 17 heavy (non-hydrogen) atoms. The minimum absolute atomic E-state index is 0.278. The predicted molar refractivity (Wildman–Crippen MR) is 71.0 cm³/mol. The second kappa shape index (κ2) is 4.93. The summed E-state index contributed by atoms with van der Waals surface area (Å²) in [6, 6.07) is 5.45. The Labute approximate surface area is 111 Å². The van der Waals surface area contributed by atoms with Crippen LogP contribution in [-0.2, 0) is 18.4 Å². The fourth-order valence-electron chi connectivity index (χ4n) is 1.43. The van der Waals surface area contributed by atoms with Crippen LogP contribution in [0.3, 0.4) is 0 Å². The van der Waals surface area contributed by atoms with Crippen molar-refractivity contribution in [2.24, 2.45) is 7.05 Å². The van der Waals surface area contributed by atoms with Gasteiger partial charge in [-0.2, -0.15) is 0 Å². The van der Waals surface area contributed by atoms with Crippen LogP contribution in [0.15, 0.2) is 28.2 Å². The molecule has 2 heterocycles. The van der Waals surface area contributed by atoms with Crippen LogP contribution in [0.4, 0.5) is 5.69 Å². The zero-order chi connectivity index (χ0) is 12.4. The van der Waals surface area contributed by atoms with Gasteiger partial charge in [-0.1, -0.05) is 0 Å². The number of rotatable bonds is 3. The largest absolute Gasteiger partial charge is 0.455 e. The molecule has 0 saturated heterocycles. The average molecular weight is 315 g/mol. The molecule has 0 aliphatic rings. The van der Waals surface area contributed by atoms with E-state index in [1.165, 1.54) is 0 Å². The van der Waals surface area contributed by atoms with Gasteiger partial charge in [0.25, 0.3) is 0 Å². The quantitative estimate of drug-likeness (QED) is 0.886. The molecule has 0 saturated carbocycles. The molecule has 2 aromatic heterocycles. The number of nitrogen functional groups attached to an aromatic ring is 1. The maximum Gasteiger partial charge on any atom is 0.355 e. The van der Waals surface area contributed by atoms with Crippen LogP contribution >= 0.6 is 27.3 Å². The highest BCUT2D eigenvalue weighted by Gasteiger charge is 2.12. The van der Waals surface area contributed by atoms with Crippen molar-refractivity contribution in [1.82, 2.24) is 4.57 Å². The Balaban J connectivity index is 2.00. The number of esters is 1. The molecule has 0 bridgehead atoms. The molecule has 90 valence electrons. The first kappa shape index (κ1) is 12.2. The molecule has 2 rings (SSSR count). The molecular weight excluding hydrogens is 304 g/mol. The average Bonchev–Trinajstić information content (AvgIpc) is 2.81. The van der Waals surface area contributed by atoms with Crippen molar-refractivity contribution in [3.8, 4) is 0 Å². The Hall–Kier alpha value is -1.27. The monoisotopic (exact) mass is 314 g/mol. The Kier molecular flexibility index (Phi) is 3.54. The Morgan fingerprint density at radius 1 is 1.59 bits per heavy atom. The van der Waals surface area contributed by atoms with Gasteiger partial charge in [-0.25, -0.2) is 4.79 Å². The van der Waals surface area contributed by atoms with Crippen LogP contribution in [0.2, 0.25) is 0 Å². The molecule has 2 aromatic rings. The van der Waals surface area contributed by atoms with Crippen LogP contribution in [0.25, 0.3) is 0 Å². The van der Waals surface area contributed by atoms with E-state index in [0.717, 1.165) is 8.66 Å². The number of nitrogens with zero attached hydrogens (tertiary/aromatic N) is 1. The van der Waals surface area contributed by atoms with Gasteiger partial charge in [-0.3, -0.25) is 0 Å². The van der Waals surface area contributed by atoms with Crippen molar-refractivity contribution in [1.29, 1.82) is 0 Å². The first-order valence-corrected chi connectivity index (χ1v) is 6.50. The molecule has 0 fully saturated rings. The topological polar surface area (TPSA) is 57.2 Å². The van der Waals surface area contributed by atoms with E-state index in [-0.39, 0.29) is 12.6 Å². The molecule has 4 nitrogen and oxygen atoms in total. The molecule has 0 spiro atoms. The van der Waals surface area contributed by atoms with Gasteiger partial charge in [-0.15, -0.1) is 11.3 Å². The van der Waals surface area contributed by atoms with Gasteiger partial charge in [0, 0.05) is 18.1 Å². The number of aryl methyl sites for hydroxylation is 1. The maximum atomic E-state index is 11.8. The summed E-state index contributed by atoms with van der Waals surface area (Å²) < 4.78 is 7.87. The van der Waals surface area contributed by atoms with Crippen molar-refractivity contribution < 1.29 is 9.53 Å². The molecule has 0 aromatic carbocycles. The lowest BCUT2D eigenvalue weighted by atomic mass is 10.4. The second-order valence-electron chi connectivity index (χ2n) is 3.55. The van der Waals surface area contributed by atoms with E-state index in [4.69, 9.17) is 10.5 Å². The molecule has 0 unspecified atom stereocenters. The van der Waals surface area contributed by atoms with Crippen molar-refractivity contribution in [3.05, 3.63) is 38.8 Å². The van der Waals surface area contributed by atoms with Crippen LogP contribution in [0.1, 0.15) is 15.4 Å². The zero-order valence-corrected chi connectivity index (χ0v) is 11.5. The Morgan fingerprint density at radius 3 is 2.88 bits per heavy atom. The molecule has 0 aliphatic carbocycles. The number of hydrogen-bond acceptors (Lipinski definition) is 4. The Morgan fingerprint density at radius 2 is 2.35 bits per heavy atom. The van der Waals surface area contributed by atoms with E-state index in [0.29, 0.717) is 11.4 Å². The standard InChI is InChI=1S/C11H11BrN2O2S/c1-14-5-7(13)4-9(14)11(15)16-6-8-2-3-10(12)17-8/h2-5H,6,13H2,1H3. The lowest BCUT2D eigenvalue weighted by molar-refractivity contribution is 0.0465. The predicted octanol–water partition coefficient (Wildman–Crippen LogP) is 2.79. The summed E-state index contributed by atoms with van der Waals surface area (Å²) in [5.41, 5.74) is 6.61. The summed E-state index contributed by atoms with van der Waals surface area (Å²) in [5.74, 6) is -0.367. The summed E-state index contributed by atoms with van der Waals surface area (Å²) in [6.45, 7) is 0.278. The minimum atomic E-state index is -0.367. The lowest BCUT2D eigenvalue weighted by Gasteiger charge is -2.03. The summed E-state index contributed by atoms with van der Waals surface area (Å²) >= 11 is 4.90. The molecule has 0 atom stereocenters. The molecular formula is C11H11BrN2O2S. The minimum Gasteiger partial charge on any atom is -0.455 e. The van der Waals surface area contributed by atoms with E-state index in [1.54, 1.807) is 35.2 Å². The van der Waals surface area contributed by atoms with Gasteiger partial charge in [0.05, 0.1) is 9.47 Å². The van der Waals surface area contributed by atoms with Crippen LogP contribution in [-0.4, -0.2) is 10.5 Å². The van der Waals surface area contributed by atoms with Gasteiger partial charge in [0.1, 0.15) is 12.3 Å². The summed E-state index contributed by atoms with van der Waals surface area (Å²) in [6.07, 6.45) is 1.68. The smallest absolute Gasteiger partial charge is 0.355 e. The molecule has 2 N–H and O–H groups in total. The SMILES string of the molecule is Cn1cc(N)cc1C(=O)OCc1ccc(Br)s1. The third kappa shape index (κ3) is 2.89. The number of anilines is 1. The first-order chi connectivity index (χ1) is 8.06. The highest BCUT2D eigenvalue weighted by atomic mass is 79.9. The molecule has 0 radical (unpaired) electrons. The van der Waals surface area contributed by atoms with Gasteiger partial charge < -0.3 is 15.0 Å². The summed E-state index contributed by atoms with van der Waals surface area (Å²) in [4.78, 5) is 12.7. The highest BCUT2D eigenvalue weighted by molar-refractivity contribution is 9.11. The number of aromatic nitrogens is 1. The number of halogens is 1. The number of thiophene rings is 1. The normalized spacial score (nSPS) is 10.5. The zero-order valence-electron chi connectivity index (χ0n) is 9.14. The number of ether oxygens (including phenoxy) is 1. The first-order valence-electron chi connectivity index (χ1n) is 4.89. The third-order valence-electron chi connectivity index (χ3n) is 2.21. The number of carbonyl (C=O) groups excluding carboxylic acids is 1. The van der Waals surface area contributed by atoms with E-state index >= 15 is 0 Å². The van der Waals surface area contributed by atoms with Gasteiger partial charge in [0.15, 0.2) is 0 Å². The van der Waals surface area contributed by atoms with Crippen molar-refractivity contribution in [2.45, 2.75) is 6.61 Å². The fraction of sp³-hybridized carbons (Fsp3) is 0.182. The number of hydrogen-bond donors (Lipinski definition) is 1. The van der Waals surface area contributed by atoms with Crippen molar-refractivity contribution in [3.63, 3.8) is 0 Å². The van der Waals surface area contributed by atoms with Gasteiger partial charge in [0.2, 0.25) is 0 Å². The van der Waals surface area contributed by atoms with Gasteiger partial charge in [-0.05, 0) is 34.1 Å². The molecule has 0 amide bonds.